The maximum atomic E-state index is 15.5. The summed E-state index contributed by atoms with van der Waals surface area (Å²) in [6, 6.07) is 11.4. The highest BCUT2D eigenvalue weighted by molar-refractivity contribution is 8.04. The first kappa shape index (κ1) is 28.5. The second kappa shape index (κ2) is 11.9. The molecule has 12 heteroatoms. The Morgan fingerprint density at radius 3 is 2.76 bits per heavy atom. The third-order valence-electron chi connectivity index (χ3n) is 8.28. The molecule has 4 amide bonds. The van der Waals surface area contributed by atoms with Crippen molar-refractivity contribution in [2.24, 2.45) is 5.92 Å². The van der Waals surface area contributed by atoms with Crippen LogP contribution < -0.4 is 25.6 Å². The zero-order chi connectivity index (χ0) is 29.4. The van der Waals surface area contributed by atoms with Crippen LogP contribution in [0.5, 0.6) is 11.5 Å². The van der Waals surface area contributed by atoms with Gasteiger partial charge in [-0.05, 0) is 57.0 Å². The molecular formula is C30H34FN5O5S. The summed E-state index contributed by atoms with van der Waals surface area (Å²) in [6.07, 6.45) is 2.19. The fourth-order valence-electron chi connectivity index (χ4n) is 6.29. The van der Waals surface area contributed by atoms with Gasteiger partial charge < -0.3 is 30.3 Å². The molecule has 222 valence electrons. The Morgan fingerprint density at radius 2 is 1.98 bits per heavy atom. The number of likely N-dealkylation sites (tertiary alicyclic amines) is 1. The zero-order valence-electron chi connectivity index (χ0n) is 23.5. The normalized spacial score (nSPS) is 25.2. The van der Waals surface area contributed by atoms with Gasteiger partial charge in [0, 0.05) is 43.4 Å². The van der Waals surface area contributed by atoms with E-state index >= 15 is 4.39 Å². The minimum atomic E-state index is -0.526. The van der Waals surface area contributed by atoms with Crippen molar-refractivity contribution in [3.05, 3.63) is 64.4 Å². The largest absolute Gasteiger partial charge is 0.454 e. The Hall–Kier alpha value is -3.61. The van der Waals surface area contributed by atoms with Crippen molar-refractivity contribution in [2.45, 2.75) is 43.6 Å². The fraction of sp³-hybridized carbons (Fsp3) is 0.433. The molecule has 4 heterocycles. The molecule has 10 nitrogen and oxygen atoms in total. The van der Waals surface area contributed by atoms with Crippen LogP contribution in [0.15, 0.2) is 53.1 Å². The van der Waals surface area contributed by atoms with Gasteiger partial charge in [-0.2, -0.15) is 0 Å². The zero-order valence-corrected chi connectivity index (χ0v) is 24.3. The van der Waals surface area contributed by atoms with E-state index in [0.29, 0.717) is 53.7 Å². The molecule has 4 atom stereocenters. The summed E-state index contributed by atoms with van der Waals surface area (Å²) in [5.41, 5.74) is 1.39. The molecule has 0 aromatic heterocycles. The summed E-state index contributed by atoms with van der Waals surface area (Å²) in [6.45, 7) is 3.37. The highest BCUT2D eigenvalue weighted by Crippen LogP contribution is 2.48. The van der Waals surface area contributed by atoms with Gasteiger partial charge in [0.2, 0.25) is 5.91 Å². The second-order valence-electron chi connectivity index (χ2n) is 10.9. The van der Waals surface area contributed by atoms with Gasteiger partial charge in [0.15, 0.2) is 11.6 Å². The molecule has 2 aromatic rings. The van der Waals surface area contributed by atoms with Crippen LogP contribution in [0.1, 0.15) is 24.8 Å². The van der Waals surface area contributed by atoms with E-state index in [1.54, 1.807) is 41.0 Å². The van der Waals surface area contributed by atoms with E-state index in [1.165, 1.54) is 18.9 Å². The van der Waals surface area contributed by atoms with Crippen molar-refractivity contribution in [1.82, 2.24) is 20.9 Å². The number of nitrogens with one attached hydrogen (secondary N) is 3. The Kier molecular flexibility index (Phi) is 8.11. The van der Waals surface area contributed by atoms with Crippen LogP contribution in [0.2, 0.25) is 0 Å². The summed E-state index contributed by atoms with van der Waals surface area (Å²) >= 11 is 1.41. The number of benzene rings is 2. The minimum Gasteiger partial charge on any atom is -0.454 e. The number of piperidine rings is 2. The number of hydrogen-bond donors (Lipinski definition) is 3. The number of halogens is 1. The van der Waals surface area contributed by atoms with Crippen LogP contribution in [0, 0.1) is 18.7 Å². The maximum absolute atomic E-state index is 15.5. The lowest BCUT2D eigenvalue weighted by Gasteiger charge is -2.46. The third kappa shape index (κ3) is 5.34. The number of ether oxygens (including phenoxy) is 2. The maximum Gasteiger partial charge on any atom is 0.326 e. The van der Waals surface area contributed by atoms with Crippen molar-refractivity contribution < 1.29 is 28.2 Å². The highest BCUT2D eigenvalue weighted by Gasteiger charge is 2.52. The molecule has 6 rings (SSSR count). The Bertz CT molecular complexity index is 1420. The van der Waals surface area contributed by atoms with Gasteiger partial charge in [-0.1, -0.05) is 30.0 Å². The van der Waals surface area contributed by atoms with Gasteiger partial charge >= 0.3 is 6.03 Å². The Morgan fingerprint density at radius 1 is 1.17 bits per heavy atom. The van der Waals surface area contributed by atoms with Gasteiger partial charge in [0.25, 0.3) is 5.91 Å². The number of carbonyl (C=O) groups is 3. The summed E-state index contributed by atoms with van der Waals surface area (Å²) in [5, 5.41) is 9.45. The number of thioether (sulfide) groups is 1. The number of hydrogen-bond acceptors (Lipinski definition) is 7. The fourth-order valence-corrected chi connectivity index (χ4v) is 7.69. The van der Waals surface area contributed by atoms with E-state index in [-0.39, 0.29) is 47.5 Å². The molecule has 3 unspecified atom stereocenters. The third-order valence-corrected chi connectivity index (χ3v) is 9.63. The van der Waals surface area contributed by atoms with Crippen LogP contribution in [0.25, 0.3) is 0 Å². The van der Waals surface area contributed by atoms with E-state index in [1.807, 2.05) is 18.2 Å². The van der Waals surface area contributed by atoms with Crippen LogP contribution in [0.4, 0.5) is 14.9 Å². The Balaban J connectivity index is 1.22. The molecule has 3 fully saturated rings. The van der Waals surface area contributed by atoms with E-state index < -0.39 is 11.8 Å². The average Bonchev–Trinajstić information content (AvgIpc) is 3.36. The Labute approximate surface area is 248 Å². The first-order valence-electron chi connectivity index (χ1n) is 14.2. The molecule has 4 aliphatic heterocycles. The van der Waals surface area contributed by atoms with Crippen molar-refractivity contribution >= 4 is 35.3 Å². The molecule has 2 aromatic carbocycles. The monoisotopic (exact) mass is 595 g/mol. The number of urea groups is 1. The molecule has 0 radical (unpaired) electrons. The smallest absolute Gasteiger partial charge is 0.326 e. The number of carbonyl (C=O) groups excluding carboxylic acids is 3. The van der Waals surface area contributed by atoms with Crippen LogP contribution >= 0.6 is 11.8 Å². The molecular weight excluding hydrogens is 561 g/mol. The number of anilines is 1. The lowest BCUT2D eigenvalue weighted by Crippen LogP contribution is -2.62. The van der Waals surface area contributed by atoms with Crippen molar-refractivity contribution in [1.29, 1.82) is 0 Å². The van der Waals surface area contributed by atoms with E-state index in [2.05, 4.69) is 16.0 Å². The van der Waals surface area contributed by atoms with Gasteiger partial charge in [0.1, 0.15) is 12.4 Å². The minimum absolute atomic E-state index is 0.0108. The standard InChI is InChI=1S/C30H34FN5O5S/c1-17-20(10-11-22(25(17)31)41-19-8-4-3-5-9-19)36-21-12-13-32-29-24(21)26(34-30(36)39)27(42-29)28(38)33-18-7-6-14-35(15-18)23(37)16-40-2/h3-5,8-11,18,21,24,29,32H,6-7,12-16H2,1-2H3,(H,33,38)(H,34,39)/t18-,21?,24?,29?/m1/s1. The van der Waals surface area contributed by atoms with E-state index in [4.69, 9.17) is 9.47 Å². The highest BCUT2D eigenvalue weighted by atomic mass is 32.2. The van der Waals surface area contributed by atoms with Crippen LogP contribution in [0.3, 0.4) is 0 Å². The number of methoxy groups -OCH3 is 1. The molecule has 0 saturated carbocycles. The number of nitrogens with zero attached hydrogens (tertiary/aromatic N) is 2. The summed E-state index contributed by atoms with van der Waals surface area (Å²) in [5.74, 6) is -0.443. The predicted octanol–water partition coefficient (Wildman–Crippen LogP) is 3.47. The molecule has 42 heavy (non-hydrogen) atoms. The SMILES string of the molecule is COCC(=O)N1CCC[C@@H](NC(=O)C2=C3NC(=O)N(c4ccc(Oc5ccccc5)c(F)c4C)C4CCNC(S2)C34)C1. The number of rotatable bonds is 7. The summed E-state index contributed by atoms with van der Waals surface area (Å²) in [4.78, 5) is 43.3. The molecule has 3 N–H and O–H groups in total. The summed E-state index contributed by atoms with van der Waals surface area (Å²) < 4.78 is 26.3. The molecule has 0 aliphatic carbocycles. The predicted molar refractivity (Wildman–Crippen MR) is 157 cm³/mol. The lowest BCUT2D eigenvalue weighted by molar-refractivity contribution is -0.137. The summed E-state index contributed by atoms with van der Waals surface area (Å²) in [7, 11) is 1.49. The number of amides is 4. The first-order chi connectivity index (χ1) is 20.4. The molecule has 0 bridgehead atoms. The first-order valence-corrected chi connectivity index (χ1v) is 15.1. The number of para-hydroxylation sites is 1. The van der Waals surface area contributed by atoms with Crippen molar-refractivity contribution in [3.8, 4) is 11.5 Å². The van der Waals surface area contributed by atoms with E-state index in [9.17, 15) is 14.4 Å². The van der Waals surface area contributed by atoms with E-state index in [0.717, 1.165) is 12.8 Å². The van der Waals surface area contributed by atoms with Gasteiger partial charge in [-0.3, -0.25) is 14.5 Å². The van der Waals surface area contributed by atoms with Gasteiger partial charge in [-0.25, -0.2) is 9.18 Å². The quantitative estimate of drug-likeness (QED) is 0.450. The average molecular weight is 596 g/mol. The second-order valence-corrected chi connectivity index (χ2v) is 12.1. The molecule has 4 aliphatic rings. The van der Waals surface area contributed by atoms with Crippen LogP contribution in [-0.2, 0) is 14.3 Å². The lowest BCUT2D eigenvalue weighted by atomic mass is 9.86. The topological polar surface area (TPSA) is 112 Å². The van der Waals surface area contributed by atoms with Gasteiger partial charge in [-0.15, -0.1) is 0 Å². The van der Waals surface area contributed by atoms with Crippen molar-refractivity contribution in [2.75, 3.05) is 38.3 Å². The van der Waals surface area contributed by atoms with Gasteiger partial charge in [0.05, 0.1) is 22.0 Å². The molecule has 0 spiro atoms. The van der Waals surface area contributed by atoms with Crippen LogP contribution in [-0.4, -0.2) is 73.6 Å². The van der Waals surface area contributed by atoms with Crippen molar-refractivity contribution in [3.63, 3.8) is 0 Å². The molecule has 3 saturated heterocycles.